The molecule has 3 fully saturated rings. The Bertz CT molecular complexity index is 2110. The van der Waals surface area contributed by atoms with Gasteiger partial charge in [0.15, 0.2) is 18.3 Å². The number of carbonyl (C=O) groups excluding carboxylic acids is 5. The van der Waals surface area contributed by atoms with E-state index in [2.05, 4.69) is 10.2 Å². The number of aromatic nitrogens is 1. The van der Waals surface area contributed by atoms with Gasteiger partial charge in [-0.15, -0.1) is 0 Å². The van der Waals surface area contributed by atoms with E-state index in [1.54, 1.807) is 32.1 Å². The fraction of sp³-hybridized carbons (Fsp3) is 0.591. The third-order valence-corrected chi connectivity index (χ3v) is 13.0. The largest absolute Gasteiger partial charge is 0.456 e. The average Bonchev–Trinajstić information content (AvgIpc) is 3.43. The Morgan fingerprint density at radius 2 is 1.55 bits per heavy atom. The van der Waals surface area contributed by atoms with Crippen molar-refractivity contribution in [1.29, 1.82) is 0 Å². The normalized spacial score (nSPS) is 19.1. The summed E-state index contributed by atoms with van der Waals surface area (Å²) in [6.07, 6.45) is 4.41. The number of para-hydroxylation sites is 1. The first kappa shape index (κ1) is 42.7. The van der Waals surface area contributed by atoms with Gasteiger partial charge in [0.05, 0.1) is 11.9 Å². The van der Waals surface area contributed by atoms with E-state index in [-0.39, 0.29) is 49.3 Å². The van der Waals surface area contributed by atoms with Gasteiger partial charge in [0.25, 0.3) is 11.8 Å². The van der Waals surface area contributed by atoms with E-state index in [4.69, 9.17) is 13.9 Å². The van der Waals surface area contributed by atoms with Crippen LogP contribution >= 0.6 is 0 Å². The molecule has 16 nitrogen and oxygen atoms in total. The van der Waals surface area contributed by atoms with Gasteiger partial charge in [-0.25, -0.2) is 14.4 Å². The van der Waals surface area contributed by atoms with E-state index in [9.17, 15) is 28.8 Å². The molecule has 3 saturated heterocycles. The molecule has 5 amide bonds. The third-order valence-electron chi connectivity index (χ3n) is 13.0. The summed E-state index contributed by atoms with van der Waals surface area (Å²) in [5.41, 5.74) is 4.58. The van der Waals surface area contributed by atoms with Crippen LogP contribution in [0.15, 0.2) is 45.6 Å². The number of hydrogen-bond acceptors (Lipinski definition) is 10. The molecule has 2 aromatic carbocycles. The number of rotatable bonds is 11. The van der Waals surface area contributed by atoms with Crippen LogP contribution in [0.4, 0.5) is 15.3 Å². The number of fused-ring (bicyclic) bond motifs is 2. The maximum atomic E-state index is 14.4. The fourth-order valence-corrected chi connectivity index (χ4v) is 9.42. The summed E-state index contributed by atoms with van der Waals surface area (Å²) in [5.74, 6) is -0.343. The molecule has 1 N–H and O–H groups in total. The van der Waals surface area contributed by atoms with Gasteiger partial charge in [0.1, 0.15) is 0 Å². The molecule has 324 valence electrons. The van der Waals surface area contributed by atoms with Gasteiger partial charge in [-0.3, -0.25) is 19.0 Å². The van der Waals surface area contributed by atoms with Crippen molar-refractivity contribution in [3.8, 4) is 0 Å². The highest BCUT2D eigenvalue weighted by Crippen LogP contribution is 2.33. The van der Waals surface area contributed by atoms with Gasteiger partial charge < -0.3 is 43.7 Å². The average molecular weight is 830 g/mol. The first-order valence-electron chi connectivity index (χ1n) is 21.4. The van der Waals surface area contributed by atoms with Crippen LogP contribution < -0.4 is 11.1 Å². The lowest BCUT2D eigenvalue weighted by molar-refractivity contribution is -0.151. The van der Waals surface area contributed by atoms with Crippen LogP contribution in [0.5, 0.6) is 0 Å². The Morgan fingerprint density at radius 1 is 0.883 bits per heavy atom. The third kappa shape index (κ3) is 9.96. The van der Waals surface area contributed by atoms with Crippen molar-refractivity contribution in [3.05, 3.63) is 63.6 Å². The van der Waals surface area contributed by atoms with E-state index >= 15 is 0 Å². The monoisotopic (exact) mass is 829 g/mol. The number of likely N-dealkylation sites (N-methyl/N-ethyl adjacent to an activating group) is 1. The van der Waals surface area contributed by atoms with Crippen molar-refractivity contribution in [2.24, 2.45) is 18.9 Å². The number of aryl methyl sites for hydroxylation is 2. The predicted octanol–water partition coefficient (Wildman–Crippen LogP) is 4.01. The van der Waals surface area contributed by atoms with E-state index in [1.165, 1.54) is 9.47 Å². The summed E-state index contributed by atoms with van der Waals surface area (Å²) in [6, 6.07) is 11.3. The molecule has 0 aliphatic carbocycles. The summed E-state index contributed by atoms with van der Waals surface area (Å²) in [6.45, 7) is 6.52. The molecule has 7 rings (SSSR count). The van der Waals surface area contributed by atoms with Gasteiger partial charge in [0.2, 0.25) is 0 Å². The molecule has 1 atom stereocenters. The Labute approximate surface area is 350 Å². The lowest BCUT2D eigenvalue weighted by atomic mass is 9.78. The van der Waals surface area contributed by atoms with Crippen molar-refractivity contribution in [2.45, 2.75) is 76.9 Å². The minimum absolute atomic E-state index is 0.0283. The quantitative estimate of drug-likeness (QED) is 0.279. The molecular formula is C44H59N7O9. The summed E-state index contributed by atoms with van der Waals surface area (Å²) < 4.78 is 18.2. The number of piperidine rings is 3. The molecule has 1 aromatic heterocycles. The minimum Gasteiger partial charge on any atom is -0.456 e. The molecule has 0 spiro atoms. The van der Waals surface area contributed by atoms with Crippen molar-refractivity contribution in [1.82, 2.24) is 29.1 Å². The number of esters is 1. The number of ether oxygens (including phenoxy) is 2. The summed E-state index contributed by atoms with van der Waals surface area (Å²) >= 11 is 0. The van der Waals surface area contributed by atoms with Gasteiger partial charge in [-0.2, -0.15) is 0 Å². The molecule has 4 aliphatic rings. The van der Waals surface area contributed by atoms with Crippen LogP contribution in [0.1, 0.15) is 61.6 Å². The van der Waals surface area contributed by atoms with Gasteiger partial charge in [0, 0.05) is 78.6 Å². The zero-order chi connectivity index (χ0) is 42.5. The second-order valence-corrected chi connectivity index (χ2v) is 17.1. The van der Waals surface area contributed by atoms with Gasteiger partial charge in [-0.05, 0) is 106 Å². The molecule has 0 radical (unpaired) electrons. The number of hydrogen-bond donors (Lipinski definition) is 1. The summed E-state index contributed by atoms with van der Waals surface area (Å²) in [7, 11) is 4.90. The van der Waals surface area contributed by atoms with Crippen molar-refractivity contribution in [3.63, 3.8) is 0 Å². The number of urea groups is 1. The zero-order valence-electron chi connectivity index (χ0n) is 35.4. The standard InChI is InChI=1S/C44H59N7O9/c1-29-25-30(26-36-40(29)47(4)43(56)59-36)27-37(60-44(57)50-22-14-34(15-23-50)51-24-13-33-7-5-6-8-35(33)45-42(51)55)41(54)49-20-11-32(12-21-49)31-9-17-48(18-10-31)19-16-39(53)58-28-38(52)46(2)3/h5-8,25-26,31-32,34,37H,9-24,27-28H2,1-4H3,(H,45,55)/t37-/m1/s1. The Morgan fingerprint density at radius 3 is 2.25 bits per heavy atom. The van der Waals surface area contributed by atoms with Crippen molar-refractivity contribution in [2.75, 3.05) is 78.4 Å². The number of oxazole rings is 1. The SMILES string of the molecule is Cc1cc(C[C@@H](OC(=O)N2CCC(N3CCc4ccccc4NC3=O)CC2)C(=O)N2CCC(C3CCN(CCC(=O)OCC(=O)N(C)C)CC3)CC2)cc2oc(=O)n(C)c12. The van der Waals surface area contributed by atoms with Crippen LogP contribution in [0.3, 0.4) is 0 Å². The zero-order valence-corrected chi connectivity index (χ0v) is 35.4. The smallest absolute Gasteiger partial charge is 0.419 e. The molecular weight excluding hydrogens is 771 g/mol. The number of carbonyl (C=O) groups is 5. The molecule has 0 unspecified atom stereocenters. The molecule has 0 saturated carbocycles. The van der Waals surface area contributed by atoms with E-state index < -0.39 is 18.0 Å². The van der Waals surface area contributed by atoms with Crippen LogP contribution in [-0.2, 0) is 43.7 Å². The minimum atomic E-state index is -1.08. The number of likely N-dealkylation sites (tertiary alicyclic amines) is 3. The highest BCUT2D eigenvalue weighted by atomic mass is 16.6. The summed E-state index contributed by atoms with van der Waals surface area (Å²) in [5, 5.41) is 3.04. The Kier molecular flexibility index (Phi) is 13.5. The van der Waals surface area contributed by atoms with Crippen molar-refractivity contribution < 1.29 is 37.9 Å². The second kappa shape index (κ2) is 18.9. The molecule has 3 aromatic rings. The van der Waals surface area contributed by atoms with Crippen LogP contribution in [0.25, 0.3) is 11.1 Å². The fourth-order valence-electron chi connectivity index (χ4n) is 9.42. The molecule has 4 aliphatic heterocycles. The predicted molar refractivity (Wildman–Crippen MR) is 223 cm³/mol. The lowest BCUT2D eigenvalue weighted by Gasteiger charge is -2.41. The molecule has 5 heterocycles. The Balaban J connectivity index is 0.940. The van der Waals surface area contributed by atoms with E-state index in [0.717, 1.165) is 67.6 Å². The van der Waals surface area contributed by atoms with Crippen molar-refractivity contribution >= 4 is 46.7 Å². The number of nitrogens with one attached hydrogen (secondary N) is 1. The highest BCUT2D eigenvalue weighted by Gasteiger charge is 2.37. The molecule has 0 bridgehead atoms. The topological polar surface area (TPSA) is 167 Å². The lowest BCUT2D eigenvalue weighted by Crippen LogP contribution is -2.52. The van der Waals surface area contributed by atoms with E-state index in [0.29, 0.717) is 75.0 Å². The van der Waals surface area contributed by atoms with Gasteiger partial charge >= 0.3 is 23.8 Å². The maximum Gasteiger partial charge on any atom is 0.419 e. The molecule has 16 heteroatoms. The van der Waals surface area contributed by atoms with Crippen LogP contribution in [0.2, 0.25) is 0 Å². The first-order chi connectivity index (χ1) is 28.8. The number of nitrogens with zero attached hydrogens (tertiary/aromatic N) is 6. The number of benzene rings is 2. The van der Waals surface area contributed by atoms with Crippen LogP contribution in [0, 0.1) is 18.8 Å². The second-order valence-electron chi connectivity index (χ2n) is 17.1. The number of amides is 5. The molecule has 60 heavy (non-hydrogen) atoms. The number of anilines is 1. The van der Waals surface area contributed by atoms with Crippen LogP contribution in [-0.4, -0.2) is 144 Å². The first-order valence-corrected chi connectivity index (χ1v) is 21.4. The maximum absolute atomic E-state index is 14.4. The summed E-state index contributed by atoms with van der Waals surface area (Å²) in [4.78, 5) is 86.7. The van der Waals surface area contributed by atoms with Gasteiger partial charge in [-0.1, -0.05) is 24.3 Å². The highest BCUT2D eigenvalue weighted by molar-refractivity contribution is 5.91. The van der Waals surface area contributed by atoms with E-state index in [1.807, 2.05) is 47.1 Å². The Hall–Kier alpha value is -5.38.